The molecule has 0 bridgehead atoms. The summed E-state index contributed by atoms with van der Waals surface area (Å²) in [4.78, 5) is 0.141. The number of hydrogen-bond donors (Lipinski definition) is 1. The quantitative estimate of drug-likeness (QED) is 0.633. The molecule has 130 valence electrons. The van der Waals surface area contributed by atoms with Gasteiger partial charge in [-0.2, -0.15) is 0 Å². The number of ether oxygens (including phenoxy) is 1. The average molecular weight is 396 g/mol. The highest BCUT2D eigenvalue weighted by molar-refractivity contribution is 7.93. The fourth-order valence-electron chi connectivity index (χ4n) is 2.54. The van der Waals surface area contributed by atoms with Crippen LogP contribution in [0.3, 0.4) is 0 Å². The van der Waals surface area contributed by atoms with Crippen LogP contribution in [0, 0.1) is 0 Å². The number of rotatable bonds is 5. The van der Waals surface area contributed by atoms with Crippen LogP contribution in [-0.2, 0) is 10.0 Å². The standard InChI is InChI=1S/C18H15Cl2NO3S/c1-2-24-16-10-11-17(13-7-4-3-6-12(13)16)25(22,23)21-15-9-5-8-14(19)18(15)20/h3-11,21H,2H2,1H3. The summed E-state index contributed by atoms with van der Waals surface area (Å²) in [5.41, 5.74) is 0.229. The van der Waals surface area contributed by atoms with Crippen LogP contribution in [0.2, 0.25) is 10.0 Å². The van der Waals surface area contributed by atoms with E-state index in [4.69, 9.17) is 27.9 Å². The highest BCUT2D eigenvalue weighted by Gasteiger charge is 2.20. The highest BCUT2D eigenvalue weighted by atomic mass is 35.5. The monoisotopic (exact) mass is 395 g/mol. The molecule has 0 saturated carbocycles. The van der Waals surface area contributed by atoms with Crippen LogP contribution < -0.4 is 9.46 Å². The van der Waals surface area contributed by atoms with Crippen LogP contribution in [0.25, 0.3) is 10.8 Å². The third-order valence-corrected chi connectivity index (χ3v) is 5.87. The molecule has 0 fully saturated rings. The molecule has 0 aliphatic heterocycles. The molecule has 1 N–H and O–H groups in total. The molecule has 4 nitrogen and oxygen atoms in total. The maximum absolute atomic E-state index is 12.9. The maximum Gasteiger partial charge on any atom is 0.262 e. The third kappa shape index (κ3) is 3.54. The van der Waals surface area contributed by atoms with Crippen molar-refractivity contribution in [2.24, 2.45) is 0 Å². The zero-order valence-corrected chi connectivity index (χ0v) is 15.6. The molecule has 25 heavy (non-hydrogen) atoms. The van der Waals surface area contributed by atoms with E-state index in [1.54, 1.807) is 36.4 Å². The molecule has 0 aliphatic rings. The number of anilines is 1. The van der Waals surface area contributed by atoms with Crippen molar-refractivity contribution in [3.8, 4) is 5.75 Å². The van der Waals surface area contributed by atoms with Gasteiger partial charge in [0.15, 0.2) is 0 Å². The van der Waals surface area contributed by atoms with E-state index in [1.165, 1.54) is 6.07 Å². The van der Waals surface area contributed by atoms with Crippen molar-refractivity contribution in [2.75, 3.05) is 11.3 Å². The van der Waals surface area contributed by atoms with E-state index < -0.39 is 10.0 Å². The van der Waals surface area contributed by atoms with Gasteiger partial charge in [-0.25, -0.2) is 8.42 Å². The largest absolute Gasteiger partial charge is 0.493 e. The van der Waals surface area contributed by atoms with Crippen molar-refractivity contribution in [3.63, 3.8) is 0 Å². The molecule has 0 aromatic heterocycles. The van der Waals surface area contributed by atoms with Gasteiger partial charge in [0.25, 0.3) is 10.0 Å². The predicted octanol–water partition coefficient (Wildman–Crippen LogP) is 5.35. The molecule has 0 saturated heterocycles. The summed E-state index contributed by atoms with van der Waals surface area (Å²) < 4.78 is 33.9. The number of sulfonamides is 1. The summed E-state index contributed by atoms with van der Waals surface area (Å²) in [6, 6.07) is 15.1. The Bertz CT molecular complexity index is 1040. The van der Waals surface area contributed by atoms with Gasteiger partial charge in [0.1, 0.15) is 5.75 Å². The number of fused-ring (bicyclic) bond motifs is 1. The average Bonchev–Trinajstić information content (AvgIpc) is 2.59. The van der Waals surface area contributed by atoms with Gasteiger partial charge in [0, 0.05) is 10.8 Å². The van der Waals surface area contributed by atoms with E-state index >= 15 is 0 Å². The van der Waals surface area contributed by atoms with Crippen LogP contribution >= 0.6 is 23.2 Å². The molecule has 0 atom stereocenters. The van der Waals surface area contributed by atoms with Crippen molar-refractivity contribution in [1.82, 2.24) is 0 Å². The summed E-state index contributed by atoms with van der Waals surface area (Å²) >= 11 is 12.0. The summed E-state index contributed by atoms with van der Waals surface area (Å²) in [6.45, 7) is 2.37. The first-order chi connectivity index (χ1) is 11.9. The molecular formula is C18H15Cl2NO3S. The second-order valence-electron chi connectivity index (χ2n) is 5.25. The van der Waals surface area contributed by atoms with E-state index in [0.29, 0.717) is 17.7 Å². The zero-order chi connectivity index (χ0) is 18.0. The van der Waals surface area contributed by atoms with Crippen LogP contribution in [0.15, 0.2) is 59.5 Å². The Balaban J connectivity index is 2.12. The van der Waals surface area contributed by atoms with Gasteiger partial charge in [-0.05, 0) is 31.2 Å². The van der Waals surface area contributed by atoms with Crippen molar-refractivity contribution in [1.29, 1.82) is 0 Å². The Morgan fingerprint density at radius 2 is 1.68 bits per heavy atom. The van der Waals surface area contributed by atoms with E-state index in [1.807, 2.05) is 19.1 Å². The minimum absolute atomic E-state index is 0.141. The zero-order valence-electron chi connectivity index (χ0n) is 13.3. The normalized spacial score (nSPS) is 11.5. The Kier molecular flexibility index (Phi) is 5.08. The van der Waals surface area contributed by atoms with Crippen LogP contribution in [0.4, 0.5) is 5.69 Å². The van der Waals surface area contributed by atoms with Gasteiger partial charge in [-0.1, -0.05) is 53.5 Å². The molecule has 3 rings (SSSR count). The molecule has 0 aliphatic carbocycles. The van der Waals surface area contributed by atoms with E-state index in [0.717, 1.165) is 5.39 Å². The van der Waals surface area contributed by atoms with Gasteiger partial charge in [0.05, 0.1) is 27.2 Å². The molecule has 0 heterocycles. The smallest absolute Gasteiger partial charge is 0.262 e. The minimum atomic E-state index is -3.86. The Morgan fingerprint density at radius 1 is 0.960 bits per heavy atom. The molecule has 0 amide bonds. The maximum atomic E-state index is 12.9. The van der Waals surface area contributed by atoms with Gasteiger partial charge in [-0.3, -0.25) is 4.72 Å². The predicted molar refractivity (Wildman–Crippen MR) is 102 cm³/mol. The second-order valence-corrected chi connectivity index (χ2v) is 7.68. The van der Waals surface area contributed by atoms with E-state index in [2.05, 4.69) is 4.72 Å². The fourth-order valence-corrected chi connectivity index (χ4v) is 4.23. The molecule has 3 aromatic rings. The van der Waals surface area contributed by atoms with Crippen LogP contribution in [-0.4, -0.2) is 15.0 Å². The first-order valence-electron chi connectivity index (χ1n) is 7.55. The SMILES string of the molecule is CCOc1ccc(S(=O)(=O)Nc2cccc(Cl)c2Cl)c2ccccc12. The molecule has 3 aromatic carbocycles. The van der Waals surface area contributed by atoms with Crippen molar-refractivity contribution in [2.45, 2.75) is 11.8 Å². The molecular weight excluding hydrogens is 381 g/mol. The summed E-state index contributed by atoms with van der Waals surface area (Å²) in [7, 11) is -3.86. The topological polar surface area (TPSA) is 55.4 Å². The molecule has 0 unspecified atom stereocenters. The minimum Gasteiger partial charge on any atom is -0.493 e. The summed E-state index contributed by atoms with van der Waals surface area (Å²) in [6.07, 6.45) is 0. The lowest BCUT2D eigenvalue weighted by atomic mass is 10.1. The van der Waals surface area contributed by atoms with E-state index in [-0.39, 0.29) is 20.6 Å². The van der Waals surface area contributed by atoms with E-state index in [9.17, 15) is 8.42 Å². The Labute approximate surface area is 156 Å². The molecule has 0 radical (unpaired) electrons. The summed E-state index contributed by atoms with van der Waals surface area (Å²) in [5, 5.41) is 1.73. The molecule has 0 spiro atoms. The van der Waals surface area contributed by atoms with Gasteiger partial charge in [-0.15, -0.1) is 0 Å². The van der Waals surface area contributed by atoms with Crippen molar-refractivity contribution in [3.05, 3.63) is 64.6 Å². The Morgan fingerprint density at radius 3 is 2.40 bits per heavy atom. The van der Waals surface area contributed by atoms with Crippen LogP contribution in [0.5, 0.6) is 5.75 Å². The van der Waals surface area contributed by atoms with Gasteiger partial charge in [0.2, 0.25) is 0 Å². The number of hydrogen-bond acceptors (Lipinski definition) is 3. The van der Waals surface area contributed by atoms with Gasteiger partial charge >= 0.3 is 0 Å². The summed E-state index contributed by atoms with van der Waals surface area (Å²) in [5.74, 6) is 0.637. The fraction of sp³-hybridized carbons (Fsp3) is 0.111. The first kappa shape index (κ1) is 17.9. The lowest BCUT2D eigenvalue weighted by Crippen LogP contribution is -2.14. The second kappa shape index (κ2) is 7.12. The number of halogens is 2. The van der Waals surface area contributed by atoms with Crippen molar-refractivity contribution < 1.29 is 13.2 Å². The first-order valence-corrected chi connectivity index (χ1v) is 9.79. The van der Waals surface area contributed by atoms with Crippen LogP contribution in [0.1, 0.15) is 6.92 Å². The van der Waals surface area contributed by atoms with Gasteiger partial charge < -0.3 is 4.74 Å². The highest BCUT2D eigenvalue weighted by Crippen LogP contribution is 2.34. The molecule has 7 heteroatoms. The third-order valence-electron chi connectivity index (χ3n) is 3.63. The Hall–Kier alpha value is -1.95. The number of benzene rings is 3. The lowest BCUT2D eigenvalue weighted by Gasteiger charge is -2.14. The number of nitrogens with one attached hydrogen (secondary N) is 1. The lowest BCUT2D eigenvalue weighted by molar-refractivity contribution is 0.344. The van der Waals surface area contributed by atoms with Crippen molar-refractivity contribution >= 4 is 49.7 Å².